The molecule has 0 spiro atoms. The number of amides is 1. The molecule has 4 aliphatic carbocycles. The highest BCUT2D eigenvalue weighted by atomic mass is 19.4. The molecule has 0 aliphatic heterocycles. The summed E-state index contributed by atoms with van der Waals surface area (Å²) in [5.41, 5.74) is -0.652. The molecule has 0 saturated heterocycles. The number of nitrogens with one attached hydrogen (secondary N) is 1. The van der Waals surface area contributed by atoms with Crippen molar-refractivity contribution in [2.45, 2.75) is 63.1 Å². The minimum absolute atomic E-state index is 0.0860. The van der Waals surface area contributed by atoms with Crippen LogP contribution in [0.5, 0.6) is 11.5 Å². The Labute approximate surface area is 233 Å². The third kappa shape index (κ3) is 5.42. The number of pyridine rings is 1. The largest absolute Gasteiger partial charge is 0.573 e. The predicted octanol–water partition coefficient (Wildman–Crippen LogP) is 5.23. The molecular formula is C30H29F3N2O6. The van der Waals surface area contributed by atoms with Crippen LogP contribution in [0.15, 0.2) is 54.7 Å². The Morgan fingerprint density at radius 2 is 1.76 bits per heavy atom. The van der Waals surface area contributed by atoms with Crippen molar-refractivity contribution < 1.29 is 42.4 Å². The molecule has 4 fully saturated rings. The minimum Gasteiger partial charge on any atom is -0.486 e. The zero-order valence-electron chi connectivity index (χ0n) is 22.0. The van der Waals surface area contributed by atoms with Crippen molar-refractivity contribution >= 4 is 22.8 Å². The topological polar surface area (TPSA) is 118 Å². The molecule has 216 valence electrons. The number of carbonyl (C=O) groups excluding carboxylic acids is 1. The number of benzene rings is 2. The zero-order valence-corrected chi connectivity index (χ0v) is 22.0. The first kappa shape index (κ1) is 27.3. The number of halogens is 3. The van der Waals surface area contributed by atoms with E-state index in [1.807, 2.05) is 0 Å². The van der Waals surface area contributed by atoms with Crippen molar-refractivity contribution in [1.82, 2.24) is 10.3 Å². The van der Waals surface area contributed by atoms with Crippen LogP contribution < -0.4 is 14.8 Å². The highest BCUT2D eigenvalue weighted by Crippen LogP contribution is 2.62. The second kappa shape index (κ2) is 9.90. The highest BCUT2D eigenvalue weighted by Gasteiger charge is 2.61. The maximum absolute atomic E-state index is 13.7. The number of carboxylic acids is 1. The van der Waals surface area contributed by atoms with Crippen molar-refractivity contribution in [3.05, 3.63) is 65.9 Å². The maximum Gasteiger partial charge on any atom is 0.573 e. The van der Waals surface area contributed by atoms with Gasteiger partial charge in [-0.25, -0.2) is 4.79 Å². The normalized spacial score (nSPS) is 27.4. The number of carboxylic acid groups (broad SMARTS) is 1. The monoisotopic (exact) mass is 570 g/mol. The fourth-order valence-electron chi connectivity index (χ4n) is 7.69. The number of aromatic nitrogens is 1. The quantitative estimate of drug-likeness (QED) is 0.340. The van der Waals surface area contributed by atoms with Gasteiger partial charge in [0.05, 0.1) is 11.2 Å². The minimum atomic E-state index is -4.81. The lowest BCUT2D eigenvalue weighted by Crippen LogP contribution is -2.64. The number of alkyl halides is 3. The average molecular weight is 571 g/mol. The van der Waals surface area contributed by atoms with Crippen LogP contribution in [0.3, 0.4) is 0 Å². The standard InChI is InChI=1S/C30H29F3N2O6/c31-30(32,33)41-21-6-3-17(4-7-21)15-40-24-22(8-5-20-2-1-9-34-23(20)24)26(36)35-25(27(37)38)28-11-18-10-19(12-28)14-29(39,13-18)16-28/h1-9,18-19,25,39H,10-16H2,(H,35,36)(H,37,38)/t18-,19+,25-,28?,29?/m1/s1. The van der Waals surface area contributed by atoms with Crippen molar-refractivity contribution in [3.63, 3.8) is 0 Å². The van der Waals surface area contributed by atoms with Gasteiger partial charge in [0.1, 0.15) is 23.9 Å². The highest BCUT2D eigenvalue weighted by molar-refractivity contribution is 6.04. The molecule has 4 aliphatic rings. The summed E-state index contributed by atoms with van der Waals surface area (Å²) in [6, 6.07) is 10.7. The molecule has 1 aromatic heterocycles. The number of hydrogen-bond donors (Lipinski definition) is 3. The number of carbonyl (C=O) groups is 2. The van der Waals surface area contributed by atoms with Gasteiger partial charge in [-0.2, -0.15) is 0 Å². The molecule has 1 heterocycles. The number of rotatable bonds is 8. The second-order valence-electron chi connectivity index (χ2n) is 11.8. The molecule has 3 aromatic rings. The smallest absolute Gasteiger partial charge is 0.486 e. The lowest BCUT2D eigenvalue weighted by Gasteiger charge is -2.61. The first-order chi connectivity index (χ1) is 19.4. The van der Waals surface area contributed by atoms with Crippen LogP contribution in [-0.2, 0) is 11.4 Å². The Morgan fingerprint density at radius 1 is 1.05 bits per heavy atom. The fourth-order valence-corrected chi connectivity index (χ4v) is 7.69. The molecule has 5 atom stereocenters. The molecule has 4 saturated carbocycles. The summed E-state index contributed by atoms with van der Waals surface area (Å²) in [5, 5.41) is 24.9. The molecule has 2 aromatic carbocycles. The van der Waals surface area contributed by atoms with E-state index in [0.717, 1.165) is 18.6 Å². The van der Waals surface area contributed by atoms with Gasteiger partial charge in [-0.15, -0.1) is 13.2 Å². The van der Waals surface area contributed by atoms with E-state index < -0.39 is 35.3 Å². The van der Waals surface area contributed by atoms with Crippen molar-refractivity contribution in [2.75, 3.05) is 0 Å². The summed E-state index contributed by atoms with van der Waals surface area (Å²) in [7, 11) is 0. The van der Waals surface area contributed by atoms with E-state index in [9.17, 15) is 33.0 Å². The predicted molar refractivity (Wildman–Crippen MR) is 140 cm³/mol. The summed E-state index contributed by atoms with van der Waals surface area (Å²) in [4.78, 5) is 30.7. The van der Waals surface area contributed by atoms with Gasteiger partial charge in [-0.05, 0) is 80.2 Å². The maximum atomic E-state index is 13.7. The van der Waals surface area contributed by atoms with E-state index in [-0.39, 0.29) is 35.5 Å². The van der Waals surface area contributed by atoms with Gasteiger partial charge in [-0.3, -0.25) is 9.78 Å². The third-order valence-corrected chi connectivity index (χ3v) is 8.72. The molecule has 0 radical (unpaired) electrons. The van der Waals surface area contributed by atoms with E-state index in [1.165, 1.54) is 18.3 Å². The van der Waals surface area contributed by atoms with E-state index >= 15 is 0 Å². The third-order valence-electron chi connectivity index (χ3n) is 8.72. The number of ether oxygens (including phenoxy) is 2. The molecule has 2 unspecified atom stereocenters. The SMILES string of the molecule is O=C(N[C@H](C(=O)O)C12C[C@@H]3C[C@@H](CC(O)(C3)C1)C2)c1ccc2cccnc2c1OCc1ccc(OC(F)(F)F)cc1. The van der Waals surface area contributed by atoms with Gasteiger partial charge < -0.3 is 25.0 Å². The molecule has 3 N–H and O–H groups in total. The van der Waals surface area contributed by atoms with E-state index in [1.54, 1.807) is 24.3 Å². The zero-order chi connectivity index (χ0) is 29.0. The first-order valence-corrected chi connectivity index (χ1v) is 13.5. The van der Waals surface area contributed by atoms with Gasteiger partial charge in [0, 0.05) is 17.0 Å². The Hall–Kier alpha value is -3.86. The van der Waals surface area contributed by atoms with Crippen LogP contribution in [0.1, 0.15) is 54.4 Å². The number of aliphatic hydroxyl groups is 1. The average Bonchev–Trinajstić information content (AvgIpc) is 2.88. The molecule has 41 heavy (non-hydrogen) atoms. The van der Waals surface area contributed by atoms with Gasteiger partial charge >= 0.3 is 12.3 Å². The first-order valence-electron chi connectivity index (χ1n) is 13.5. The van der Waals surface area contributed by atoms with Crippen LogP contribution in [0.25, 0.3) is 10.9 Å². The Balaban J connectivity index is 1.27. The fraction of sp³-hybridized carbons (Fsp3) is 0.433. The molecular weight excluding hydrogens is 541 g/mol. The molecule has 4 bridgehead atoms. The van der Waals surface area contributed by atoms with Gasteiger partial charge in [0.25, 0.3) is 5.91 Å². The van der Waals surface area contributed by atoms with Crippen LogP contribution in [0.2, 0.25) is 0 Å². The second-order valence-corrected chi connectivity index (χ2v) is 11.8. The van der Waals surface area contributed by atoms with Crippen molar-refractivity contribution in [2.24, 2.45) is 17.3 Å². The van der Waals surface area contributed by atoms with Crippen molar-refractivity contribution in [1.29, 1.82) is 0 Å². The van der Waals surface area contributed by atoms with E-state index in [4.69, 9.17) is 4.74 Å². The van der Waals surface area contributed by atoms with E-state index in [0.29, 0.717) is 48.6 Å². The Bertz CT molecular complexity index is 1480. The number of hydrogen-bond acceptors (Lipinski definition) is 6. The molecule has 8 nitrogen and oxygen atoms in total. The Kier molecular flexibility index (Phi) is 6.60. The van der Waals surface area contributed by atoms with Crippen LogP contribution in [0.4, 0.5) is 13.2 Å². The van der Waals surface area contributed by atoms with E-state index in [2.05, 4.69) is 15.0 Å². The summed E-state index contributed by atoms with van der Waals surface area (Å²) >= 11 is 0. The number of fused-ring (bicyclic) bond motifs is 1. The van der Waals surface area contributed by atoms with Crippen molar-refractivity contribution in [3.8, 4) is 11.5 Å². The lowest BCUT2D eigenvalue weighted by molar-refractivity contribution is -0.274. The van der Waals surface area contributed by atoms with Crippen LogP contribution in [-0.4, -0.2) is 45.1 Å². The van der Waals surface area contributed by atoms with Gasteiger partial charge in [0.2, 0.25) is 0 Å². The molecule has 11 heteroatoms. The van der Waals surface area contributed by atoms with Gasteiger partial charge in [-0.1, -0.05) is 24.3 Å². The summed E-state index contributed by atoms with van der Waals surface area (Å²) in [5.74, 6) is -1.57. The summed E-state index contributed by atoms with van der Waals surface area (Å²) in [6.45, 7) is -0.0923. The van der Waals surface area contributed by atoms with Crippen LogP contribution in [0, 0.1) is 17.3 Å². The number of nitrogens with zero attached hydrogens (tertiary/aromatic N) is 1. The molecule has 7 rings (SSSR count). The number of aliphatic carboxylic acids is 1. The summed E-state index contributed by atoms with van der Waals surface area (Å²) in [6.07, 6.45) is 0.654. The Morgan fingerprint density at radius 3 is 2.39 bits per heavy atom. The molecule has 1 amide bonds. The summed E-state index contributed by atoms with van der Waals surface area (Å²) < 4.78 is 47.5. The lowest BCUT2D eigenvalue weighted by atomic mass is 9.46. The van der Waals surface area contributed by atoms with Crippen LogP contribution >= 0.6 is 0 Å². The van der Waals surface area contributed by atoms with Gasteiger partial charge in [0.15, 0.2) is 5.75 Å².